The van der Waals surface area contributed by atoms with Gasteiger partial charge in [0.25, 0.3) is 5.91 Å². The maximum Gasteiger partial charge on any atom is 0.257 e. The highest BCUT2D eigenvalue weighted by atomic mass is 79.9. The van der Waals surface area contributed by atoms with Crippen LogP contribution in [-0.4, -0.2) is 5.91 Å². The van der Waals surface area contributed by atoms with Crippen molar-refractivity contribution < 1.29 is 4.79 Å². The predicted octanol–water partition coefficient (Wildman–Crippen LogP) is 4.59. The molecule has 98 valence electrons. The summed E-state index contributed by atoms with van der Waals surface area (Å²) in [6.07, 6.45) is 0. The second kappa shape index (κ2) is 5.82. The number of amides is 1. The summed E-state index contributed by atoms with van der Waals surface area (Å²) in [5.74, 6) is -0.364. The van der Waals surface area contributed by atoms with Crippen LogP contribution in [0.2, 0.25) is 10.0 Å². The molecular formula is C13H9BrCl2N2O. The molecule has 0 atom stereocenters. The molecule has 0 saturated carbocycles. The van der Waals surface area contributed by atoms with E-state index in [-0.39, 0.29) is 5.91 Å². The lowest BCUT2D eigenvalue weighted by atomic mass is 10.2. The summed E-state index contributed by atoms with van der Waals surface area (Å²) in [6, 6.07) is 9.90. The Hall–Kier alpha value is -1.23. The van der Waals surface area contributed by atoms with Crippen molar-refractivity contribution >= 4 is 56.4 Å². The van der Waals surface area contributed by atoms with Gasteiger partial charge < -0.3 is 11.1 Å². The number of rotatable bonds is 2. The number of carbonyl (C=O) groups excluding carboxylic acids is 1. The first kappa shape index (κ1) is 14.2. The molecule has 6 heteroatoms. The molecule has 2 rings (SSSR count). The second-order valence-electron chi connectivity index (χ2n) is 3.82. The Morgan fingerprint density at radius 1 is 1.11 bits per heavy atom. The number of nitrogen functional groups attached to an aromatic ring is 1. The fourth-order valence-corrected chi connectivity index (χ4v) is 2.23. The zero-order chi connectivity index (χ0) is 14.0. The molecule has 0 spiro atoms. The van der Waals surface area contributed by atoms with E-state index in [4.69, 9.17) is 28.9 Å². The summed E-state index contributed by atoms with van der Waals surface area (Å²) < 4.78 is 0.811. The number of hydrogen-bond acceptors (Lipinski definition) is 2. The lowest BCUT2D eigenvalue weighted by Gasteiger charge is -2.09. The molecule has 0 heterocycles. The van der Waals surface area contributed by atoms with Crippen molar-refractivity contribution in [2.45, 2.75) is 0 Å². The largest absolute Gasteiger partial charge is 0.399 e. The van der Waals surface area contributed by atoms with Crippen molar-refractivity contribution in [1.29, 1.82) is 0 Å². The van der Waals surface area contributed by atoms with Gasteiger partial charge in [-0.15, -0.1) is 0 Å². The quantitative estimate of drug-likeness (QED) is 0.770. The molecule has 2 aromatic rings. The Kier molecular flexibility index (Phi) is 4.34. The van der Waals surface area contributed by atoms with E-state index in [0.29, 0.717) is 27.0 Å². The summed E-state index contributed by atoms with van der Waals surface area (Å²) in [5.41, 5.74) is 6.91. The fraction of sp³-hybridized carbons (Fsp3) is 0. The van der Waals surface area contributed by atoms with Crippen LogP contribution in [0.4, 0.5) is 11.4 Å². The normalized spacial score (nSPS) is 10.3. The van der Waals surface area contributed by atoms with Crippen molar-refractivity contribution in [2.75, 3.05) is 11.1 Å². The fourth-order valence-electron chi connectivity index (χ4n) is 1.50. The van der Waals surface area contributed by atoms with Crippen LogP contribution in [0, 0.1) is 0 Å². The minimum absolute atomic E-state index is 0.303. The van der Waals surface area contributed by atoms with Crippen molar-refractivity contribution in [3.63, 3.8) is 0 Å². The molecule has 0 aliphatic carbocycles. The number of nitrogens with one attached hydrogen (secondary N) is 1. The van der Waals surface area contributed by atoms with E-state index in [1.54, 1.807) is 30.3 Å². The standard InChI is InChI=1S/C13H9BrCl2N2O/c14-7-1-3-11(16)12(5-7)18-13(19)9-6-8(17)2-4-10(9)15/h1-6H,17H2,(H,18,19). The Balaban J connectivity index is 2.30. The lowest BCUT2D eigenvalue weighted by molar-refractivity contribution is 0.102. The van der Waals surface area contributed by atoms with Crippen LogP contribution >= 0.6 is 39.1 Å². The molecular weight excluding hydrogens is 351 g/mol. The SMILES string of the molecule is Nc1ccc(Cl)c(C(=O)Nc2cc(Br)ccc2Cl)c1. The Labute approximate surface area is 128 Å². The monoisotopic (exact) mass is 358 g/mol. The van der Waals surface area contributed by atoms with Gasteiger partial charge in [-0.25, -0.2) is 0 Å². The predicted molar refractivity (Wildman–Crippen MR) is 83.0 cm³/mol. The molecule has 0 fully saturated rings. The third kappa shape index (κ3) is 3.41. The molecule has 2 aromatic carbocycles. The van der Waals surface area contributed by atoms with Gasteiger partial charge in [0.1, 0.15) is 0 Å². The number of nitrogens with two attached hydrogens (primary N) is 1. The minimum Gasteiger partial charge on any atom is -0.399 e. The van der Waals surface area contributed by atoms with Crippen molar-refractivity contribution in [3.05, 3.63) is 56.5 Å². The summed E-state index contributed by atoms with van der Waals surface area (Å²) in [7, 11) is 0. The number of carbonyl (C=O) groups is 1. The van der Waals surface area contributed by atoms with Gasteiger partial charge >= 0.3 is 0 Å². The van der Waals surface area contributed by atoms with Gasteiger partial charge in [-0.1, -0.05) is 39.1 Å². The van der Waals surface area contributed by atoms with Crippen molar-refractivity contribution in [2.24, 2.45) is 0 Å². The van der Waals surface area contributed by atoms with E-state index in [1.165, 1.54) is 6.07 Å². The van der Waals surface area contributed by atoms with E-state index in [0.717, 1.165) is 4.47 Å². The van der Waals surface area contributed by atoms with Crippen LogP contribution in [0.1, 0.15) is 10.4 Å². The third-order valence-electron chi connectivity index (χ3n) is 2.41. The van der Waals surface area contributed by atoms with Crippen LogP contribution in [0.15, 0.2) is 40.9 Å². The van der Waals surface area contributed by atoms with Gasteiger partial charge in [0.15, 0.2) is 0 Å². The number of anilines is 2. The highest BCUT2D eigenvalue weighted by Gasteiger charge is 2.12. The molecule has 3 N–H and O–H groups in total. The molecule has 19 heavy (non-hydrogen) atoms. The molecule has 0 unspecified atom stereocenters. The van der Waals surface area contributed by atoms with E-state index >= 15 is 0 Å². The number of hydrogen-bond donors (Lipinski definition) is 2. The van der Waals surface area contributed by atoms with E-state index < -0.39 is 0 Å². The highest BCUT2D eigenvalue weighted by molar-refractivity contribution is 9.10. The highest BCUT2D eigenvalue weighted by Crippen LogP contribution is 2.27. The van der Waals surface area contributed by atoms with Gasteiger partial charge in [0.2, 0.25) is 0 Å². The van der Waals surface area contributed by atoms with Crippen LogP contribution in [0.25, 0.3) is 0 Å². The van der Waals surface area contributed by atoms with Crippen LogP contribution in [0.5, 0.6) is 0 Å². The zero-order valence-corrected chi connectivity index (χ0v) is 12.7. The first-order chi connectivity index (χ1) is 8.97. The topological polar surface area (TPSA) is 55.1 Å². The van der Waals surface area contributed by atoms with Crippen LogP contribution in [0.3, 0.4) is 0 Å². The molecule has 1 amide bonds. The summed E-state index contributed by atoms with van der Waals surface area (Å²) in [6.45, 7) is 0. The molecule has 0 bridgehead atoms. The molecule has 0 aliphatic heterocycles. The van der Waals surface area contributed by atoms with E-state index in [9.17, 15) is 4.79 Å². The third-order valence-corrected chi connectivity index (χ3v) is 3.56. The van der Waals surface area contributed by atoms with Crippen LogP contribution < -0.4 is 11.1 Å². The number of halogens is 3. The number of benzene rings is 2. The lowest BCUT2D eigenvalue weighted by Crippen LogP contribution is -2.13. The molecule has 3 nitrogen and oxygen atoms in total. The van der Waals surface area contributed by atoms with E-state index in [2.05, 4.69) is 21.2 Å². The average molecular weight is 360 g/mol. The summed E-state index contributed by atoms with van der Waals surface area (Å²) in [4.78, 5) is 12.1. The molecule has 0 radical (unpaired) electrons. The maximum atomic E-state index is 12.1. The van der Waals surface area contributed by atoms with Crippen LogP contribution in [-0.2, 0) is 0 Å². The smallest absolute Gasteiger partial charge is 0.257 e. The minimum atomic E-state index is -0.364. The summed E-state index contributed by atoms with van der Waals surface area (Å²) in [5, 5.41) is 3.47. The Bertz CT molecular complexity index is 647. The summed E-state index contributed by atoms with van der Waals surface area (Å²) >= 11 is 15.3. The molecule has 0 saturated heterocycles. The van der Waals surface area contributed by atoms with E-state index in [1.807, 2.05) is 0 Å². The first-order valence-electron chi connectivity index (χ1n) is 5.29. The zero-order valence-electron chi connectivity index (χ0n) is 9.58. The average Bonchev–Trinajstić information content (AvgIpc) is 2.36. The Morgan fingerprint density at radius 3 is 2.53 bits per heavy atom. The van der Waals surface area contributed by atoms with Gasteiger partial charge in [-0.05, 0) is 36.4 Å². The van der Waals surface area contributed by atoms with Gasteiger partial charge in [0, 0.05) is 10.2 Å². The maximum absolute atomic E-state index is 12.1. The van der Waals surface area contributed by atoms with Gasteiger partial charge in [0.05, 0.1) is 21.3 Å². The van der Waals surface area contributed by atoms with Gasteiger partial charge in [-0.2, -0.15) is 0 Å². The van der Waals surface area contributed by atoms with Crippen molar-refractivity contribution in [1.82, 2.24) is 0 Å². The molecule has 0 aliphatic rings. The second-order valence-corrected chi connectivity index (χ2v) is 5.55. The van der Waals surface area contributed by atoms with Gasteiger partial charge in [-0.3, -0.25) is 4.79 Å². The first-order valence-corrected chi connectivity index (χ1v) is 6.83. The Morgan fingerprint density at radius 2 is 1.79 bits per heavy atom. The van der Waals surface area contributed by atoms with Crippen molar-refractivity contribution in [3.8, 4) is 0 Å². The molecule has 0 aromatic heterocycles.